The maximum atomic E-state index is 5.90. The van der Waals surface area contributed by atoms with Crippen LogP contribution in [0.3, 0.4) is 0 Å². The van der Waals surface area contributed by atoms with Gasteiger partial charge in [-0.15, -0.1) is 0 Å². The lowest BCUT2D eigenvalue weighted by atomic mass is 10.2. The third-order valence-corrected chi connectivity index (χ3v) is 3.63. The van der Waals surface area contributed by atoms with Crippen LogP contribution < -0.4 is 10.5 Å². The van der Waals surface area contributed by atoms with Crippen LogP contribution >= 0.6 is 33.3 Å². The van der Waals surface area contributed by atoms with Crippen molar-refractivity contribution in [1.82, 2.24) is 0 Å². The standard InChI is InChI=1S/C13H11Cl2NOS/c1-8-6-9(14)2-5-12(8)17-13-7-10(18-15)3-4-11(13)16/h2-7H,16H2,1H3. The summed E-state index contributed by atoms with van der Waals surface area (Å²) < 4.78 is 5.78. The topological polar surface area (TPSA) is 35.2 Å². The molecule has 0 aliphatic carbocycles. The normalized spacial score (nSPS) is 10.4. The molecule has 2 N–H and O–H groups in total. The number of nitrogen functional groups attached to an aromatic ring is 1. The molecular weight excluding hydrogens is 289 g/mol. The van der Waals surface area contributed by atoms with Gasteiger partial charge in [0.1, 0.15) is 5.75 Å². The summed E-state index contributed by atoms with van der Waals surface area (Å²) >= 11 is 5.90. The zero-order chi connectivity index (χ0) is 13.1. The van der Waals surface area contributed by atoms with Crippen molar-refractivity contribution in [3.63, 3.8) is 0 Å². The van der Waals surface area contributed by atoms with Gasteiger partial charge >= 0.3 is 0 Å². The highest BCUT2D eigenvalue weighted by Crippen LogP contribution is 2.34. The largest absolute Gasteiger partial charge is 0.455 e. The van der Waals surface area contributed by atoms with Crippen molar-refractivity contribution in [2.24, 2.45) is 0 Å². The van der Waals surface area contributed by atoms with Crippen LogP contribution in [0.5, 0.6) is 11.5 Å². The van der Waals surface area contributed by atoms with Crippen molar-refractivity contribution in [3.05, 3.63) is 47.0 Å². The predicted octanol–water partition coefficient (Wildman–Crippen LogP) is 5.27. The summed E-state index contributed by atoms with van der Waals surface area (Å²) in [5.41, 5.74) is 7.39. The molecular formula is C13H11Cl2NOS. The van der Waals surface area contributed by atoms with Gasteiger partial charge in [0.05, 0.1) is 5.69 Å². The second-order valence-electron chi connectivity index (χ2n) is 3.79. The van der Waals surface area contributed by atoms with Gasteiger partial charge in [0, 0.05) is 9.92 Å². The summed E-state index contributed by atoms with van der Waals surface area (Å²) in [7, 11) is 6.83. The van der Waals surface area contributed by atoms with Crippen molar-refractivity contribution in [2.75, 3.05) is 5.73 Å². The van der Waals surface area contributed by atoms with Crippen molar-refractivity contribution >= 4 is 38.9 Å². The van der Waals surface area contributed by atoms with Crippen LogP contribution in [0.2, 0.25) is 5.02 Å². The number of rotatable bonds is 3. The molecule has 2 nitrogen and oxygen atoms in total. The number of ether oxygens (including phenoxy) is 1. The van der Waals surface area contributed by atoms with Crippen LogP contribution in [-0.2, 0) is 0 Å². The van der Waals surface area contributed by atoms with Gasteiger partial charge in [0.15, 0.2) is 5.75 Å². The number of anilines is 1. The van der Waals surface area contributed by atoms with Crippen LogP contribution in [0.15, 0.2) is 41.3 Å². The van der Waals surface area contributed by atoms with E-state index in [0.717, 1.165) is 27.2 Å². The van der Waals surface area contributed by atoms with Gasteiger partial charge in [-0.3, -0.25) is 0 Å². The molecule has 0 fully saturated rings. The Kier molecular flexibility index (Phi) is 4.27. The maximum Gasteiger partial charge on any atom is 0.151 e. The molecule has 0 aromatic heterocycles. The number of hydrogen-bond acceptors (Lipinski definition) is 3. The highest BCUT2D eigenvalue weighted by molar-refractivity contribution is 8.21. The highest BCUT2D eigenvalue weighted by atomic mass is 35.7. The van der Waals surface area contributed by atoms with E-state index in [2.05, 4.69) is 0 Å². The number of hydrogen-bond donors (Lipinski definition) is 1. The molecule has 0 unspecified atom stereocenters. The lowest BCUT2D eigenvalue weighted by molar-refractivity contribution is 0.480. The van der Waals surface area contributed by atoms with Gasteiger partial charge in [-0.1, -0.05) is 11.6 Å². The van der Waals surface area contributed by atoms with Crippen molar-refractivity contribution in [3.8, 4) is 11.5 Å². The molecule has 0 saturated carbocycles. The summed E-state index contributed by atoms with van der Waals surface area (Å²) in [6, 6.07) is 10.9. The molecule has 18 heavy (non-hydrogen) atoms. The molecule has 0 radical (unpaired) electrons. The first-order valence-corrected chi connectivity index (χ1v) is 7.24. The SMILES string of the molecule is Cc1cc(Cl)ccc1Oc1cc(SCl)ccc1N. The van der Waals surface area contributed by atoms with E-state index in [-0.39, 0.29) is 0 Å². The average molecular weight is 300 g/mol. The van der Waals surface area contributed by atoms with Crippen LogP contribution in [0.25, 0.3) is 0 Å². The average Bonchev–Trinajstić information content (AvgIpc) is 2.35. The lowest BCUT2D eigenvalue weighted by Crippen LogP contribution is -1.93. The number of nitrogens with two attached hydrogens (primary N) is 1. The molecule has 2 aromatic carbocycles. The molecule has 5 heteroatoms. The van der Waals surface area contributed by atoms with Crippen LogP contribution in [0, 0.1) is 6.92 Å². The van der Waals surface area contributed by atoms with Crippen LogP contribution in [-0.4, -0.2) is 0 Å². The molecule has 2 aromatic rings. The van der Waals surface area contributed by atoms with Crippen molar-refractivity contribution in [2.45, 2.75) is 11.8 Å². The monoisotopic (exact) mass is 299 g/mol. The minimum atomic E-state index is 0.568. The Bertz CT molecular complexity index is 575. The molecule has 0 saturated heterocycles. The summed E-state index contributed by atoms with van der Waals surface area (Å²) in [5.74, 6) is 1.31. The van der Waals surface area contributed by atoms with E-state index in [0.29, 0.717) is 16.5 Å². The van der Waals surface area contributed by atoms with Gasteiger partial charge in [0.2, 0.25) is 0 Å². The van der Waals surface area contributed by atoms with E-state index < -0.39 is 0 Å². The molecule has 0 aliphatic heterocycles. The first-order valence-electron chi connectivity index (χ1n) is 5.22. The number of halogens is 2. The summed E-state index contributed by atoms with van der Waals surface area (Å²) in [5, 5.41) is 0.679. The van der Waals surface area contributed by atoms with E-state index in [9.17, 15) is 0 Å². The van der Waals surface area contributed by atoms with Crippen LogP contribution in [0.1, 0.15) is 5.56 Å². The Morgan fingerprint density at radius 2 is 1.89 bits per heavy atom. The Balaban J connectivity index is 2.33. The second-order valence-corrected chi connectivity index (χ2v) is 5.31. The third-order valence-electron chi connectivity index (χ3n) is 2.43. The minimum absolute atomic E-state index is 0.568. The third kappa shape index (κ3) is 3.05. The van der Waals surface area contributed by atoms with E-state index in [4.69, 9.17) is 32.8 Å². The fourth-order valence-corrected chi connectivity index (χ4v) is 2.28. The molecule has 0 amide bonds. The quantitative estimate of drug-likeness (QED) is 0.784. The Hall–Kier alpha value is -1.03. The van der Waals surface area contributed by atoms with Crippen LogP contribution in [0.4, 0.5) is 5.69 Å². The first-order chi connectivity index (χ1) is 8.60. The van der Waals surface area contributed by atoms with Crippen molar-refractivity contribution < 1.29 is 4.74 Å². The Labute approximate surface area is 120 Å². The predicted molar refractivity (Wildman–Crippen MR) is 78.8 cm³/mol. The van der Waals surface area contributed by atoms with Gasteiger partial charge in [0.25, 0.3) is 0 Å². The summed E-state index contributed by atoms with van der Waals surface area (Å²) in [4.78, 5) is 0.882. The van der Waals surface area contributed by atoms with Gasteiger partial charge < -0.3 is 10.5 Å². The molecule has 2 rings (SSSR count). The molecule has 0 atom stereocenters. The van der Waals surface area contributed by atoms with Gasteiger partial charge in [-0.25, -0.2) is 0 Å². The molecule has 0 heterocycles. The van der Waals surface area contributed by atoms with E-state index in [1.165, 1.54) is 0 Å². The lowest BCUT2D eigenvalue weighted by Gasteiger charge is -2.11. The zero-order valence-electron chi connectivity index (χ0n) is 9.61. The second kappa shape index (κ2) is 5.74. The number of benzene rings is 2. The molecule has 0 bridgehead atoms. The smallest absolute Gasteiger partial charge is 0.151 e. The number of aryl methyl sites for hydroxylation is 1. The fourth-order valence-electron chi connectivity index (χ4n) is 1.50. The molecule has 0 spiro atoms. The summed E-state index contributed by atoms with van der Waals surface area (Å²) in [6.07, 6.45) is 0. The molecule has 0 aliphatic rings. The Morgan fingerprint density at radius 3 is 2.56 bits per heavy atom. The van der Waals surface area contributed by atoms with E-state index in [1.807, 2.05) is 25.1 Å². The minimum Gasteiger partial charge on any atom is -0.455 e. The first kappa shape index (κ1) is 13.4. The van der Waals surface area contributed by atoms with Gasteiger partial charge in [-0.2, -0.15) is 0 Å². The van der Waals surface area contributed by atoms with E-state index in [1.54, 1.807) is 18.2 Å². The molecule has 94 valence electrons. The zero-order valence-corrected chi connectivity index (χ0v) is 11.9. The van der Waals surface area contributed by atoms with Gasteiger partial charge in [-0.05, 0) is 70.5 Å². The van der Waals surface area contributed by atoms with Crippen molar-refractivity contribution in [1.29, 1.82) is 0 Å². The highest BCUT2D eigenvalue weighted by Gasteiger charge is 2.06. The fraction of sp³-hybridized carbons (Fsp3) is 0.0769. The maximum absolute atomic E-state index is 5.90. The van der Waals surface area contributed by atoms with E-state index >= 15 is 0 Å². The Morgan fingerprint density at radius 1 is 1.11 bits per heavy atom. The summed E-state index contributed by atoms with van der Waals surface area (Å²) in [6.45, 7) is 1.93.